The normalized spacial score (nSPS) is 13.6. The Morgan fingerprint density at radius 2 is 1.63 bits per heavy atom. The van der Waals surface area contributed by atoms with Crippen LogP contribution in [0.5, 0.6) is 0 Å². The van der Waals surface area contributed by atoms with Gasteiger partial charge in [-0.2, -0.15) is 5.26 Å². The third kappa shape index (κ3) is 4.02. The molecule has 0 amide bonds. The van der Waals surface area contributed by atoms with Crippen LogP contribution in [0.2, 0.25) is 0 Å². The maximum Gasteiger partial charge on any atom is 0.273 e. The van der Waals surface area contributed by atoms with Crippen LogP contribution in [0.15, 0.2) is 24.3 Å². The lowest BCUT2D eigenvalue weighted by Gasteiger charge is -2.20. The van der Waals surface area contributed by atoms with Gasteiger partial charge in [0.25, 0.3) is 5.92 Å². The van der Waals surface area contributed by atoms with E-state index in [2.05, 4.69) is 6.07 Å². The van der Waals surface area contributed by atoms with E-state index in [-0.39, 0.29) is 29.7 Å². The Balaban J connectivity index is 2.96. The number of hydrogen-bond acceptors (Lipinski definition) is 1. The molecule has 1 unspecified atom stereocenters. The molecule has 19 heavy (non-hydrogen) atoms. The molecule has 1 aromatic carbocycles. The SMILES string of the molecule is CC(C)CC(F)(F)c1ccc(C(C#N)C(C)C)cc1. The van der Waals surface area contributed by atoms with Crippen molar-refractivity contribution in [2.75, 3.05) is 0 Å². The van der Waals surface area contributed by atoms with Gasteiger partial charge in [-0.3, -0.25) is 0 Å². The van der Waals surface area contributed by atoms with Crippen LogP contribution in [-0.4, -0.2) is 0 Å². The maximum absolute atomic E-state index is 13.9. The van der Waals surface area contributed by atoms with Crippen molar-refractivity contribution in [2.45, 2.75) is 46.0 Å². The highest BCUT2D eigenvalue weighted by molar-refractivity contribution is 5.31. The van der Waals surface area contributed by atoms with Crippen molar-refractivity contribution >= 4 is 0 Å². The molecule has 0 bridgehead atoms. The van der Waals surface area contributed by atoms with Gasteiger partial charge in [0.05, 0.1) is 12.0 Å². The van der Waals surface area contributed by atoms with E-state index < -0.39 is 5.92 Å². The average Bonchev–Trinajstić information content (AvgIpc) is 2.28. The van der Waals surface area contributed by atoms with Crippen molar-refractivity contribution in [1.29, 1.82) is 5.26 Å². The second-order valence-electron chi connectivity index (χ2n) is 5.78. The number of halogens is 2. The Kier molecular flexibility index (Phi) is 5.05. The number of benzene rings is 1. The summed E-state index contributed by atoms with van der Waals surface area (Å²) in [5, 5.41) is 9.10. The van der Waals surface area contributed by atoms with E-state index in [1.807, 2.05) is 13.8 Å². The molecule has 104 valence electrons. The molecular weight excluding hydrogens is 244 g/mol. The average molecular weight is 265 g/mol. The van der Waals surface area contributed by atoms with Crippen molar-refractivity contribution < 1.29 is 8.78 Å². The zero-order valence-corrected chi connectivity index (χ0v) is 12.0. The van der Waals surface area contributed by atoms with Crippen molar-refractivity contribution in [3.63, 3.8) is 0 Å². The van der Waals surface area contributed by atoms with Crippen LogP contribution in [0.3, 0.4) is 0 Å². The van der Waals surface area contributed by atoms with Crippen LogP contribution in [0.4, 0.5) is 8.78 Å². The molecule has 1 atom stereocenters. The van der Waals surface area contributed by atoms with Crippen molar-refractivity contribution in [3.8, 4) is 6.07 Å². The van der Waals surface area contributed by atoms with Gasteiger partial charge in [0, 0.05) is 12.0 Å². The second kappa shape index (κ2) is 6.14. The van der Waals surface area contributed by atoms with Gasteiger partial charge >= 0.3 is 0 Å². The summed E-state index contributed by atoms with van der Waals surface area (Å²) in [6, 6.07) is 8.42. The molecule has 3 heteroatoms. The van der Waals surface area contributed by atoms with E-state index in [4.69, 9.17) is 5.26 Å². The predicted molar refractivity (Wildman–Crippen MR) is 73.0 cm³/mol. The highest BCUT2D eigenvalue weighted by atomic mass is 19.3. The number of nitriles is 1. The molecular formula is C16H21F2N. The Labute approximate surface area is 114 Å². The molecule has 0 spiro atoms. The van der Waals surface area contributed by atoms with Gasteiger partial charge in [0.15, 0.2) is 0 Å². The molecule has 0 aromatic heterocycles. The monoisotopic (exact) mass is 265 g/mol. The molecule has 1 rings (SSSR count). The van der Waals surface area contributed by atoms with Crippen LogP contribution >= 0.6 is 0 Å². The van der Waals surface area contributed by atoms with E-state index in [1.54, 1.807) is 26.0 Å². The zero-order valence-electron chi connectivity index (χ0n) is 12.0. The molecule has 0 aliphatic carbocycles. The van der Waals surface area contributed by atoms with E-state index in [9.17, 15) is 8.78 Å². The molecule has 0 saturated heterocycles. The minimum absolute atomic E-state index is 0.0328. The van der Waals surface area contributed by atoms with Crippen LogP contribution in [0, 0.1) is 23.2 Å². The summed E-state index contributed by atoms with van der Waals surface area (Å²) >= 11 is 0. The van der Waals surface area contributed by atoms with Gasteiger partial charge in [0.2, 0.25) is 0 Å². The Hall–Kier alpha value is -1.43. The van der Waals surface area contributed by atoms with Crippen LogP contribution in [0.1, 0.15) is 51.2 Å². The van der Waals surface area contributed by atoms with E-state index in [1.165, 1.54) is 12.1 Å². The maximum atomic E-state index is 13.9. The number of rotatable bonds is 5. The fraction of sp³-hybridized carbons (Fsp3) is 0.562. The Morgan fingerprint density at radius 3 is 2.00 bits per heavy atom. The smallest absolute Gasteiger partial charge is 0.201 e. The summed E-state index contributed by atoms with van der Waals surface area (Å²) in [7, 11) is 0. The predicted octanol–water partition coefficient (Wildman–Crippen LogP) is 5.09. The molecule has 0 heterocycles. The highest BCUT2D eigenvalue weighted by Crippen LogP contribution is 2.35. The van der Waals surface area contributed by atoms with Gasteiger partial charge in [-0.25, -0.2) is 8.78 Å². The lowest BCUT2D eigenvalue weighted by molar-refractivity contribution is -0.0249. The summed E-state index contributed by atoms with van der Waals surface area (Å²) < 4.78 is 27.8. The lowest BCUT2D eigenvalue weighted by atomic mass is 9.88. The Bertz CT molecular complexity index is 441. The second-order valence-corrected chi connectivity index (χ2v) is 5.78. The first-order valence-corrected chi connectivity index (χ1v) is 6.65. The molecule has 0 aliphatic rings. The minimum Gasteiger partial charge on any atom is -0.201 e. The third-order valence-electron chi connectivity index (χ3n) is 3.16. The first-order chi connectivity index (χ1) is 8.77. The van der Waals surface area contributed by atoms with E-state index >= 15 is 0 Å². The molecule has 0 saturated carbocycles. The first kappa shape index (κ1) is 15.6. The van der Waals surface area contributed by atoms with Crippen LogP contribution in [-0.2, 0) is 5.92 Å². The van der Waals surface area contributed by atoms with Gasteiger partial charge in [-0.05, 0) is 17.4 Å². The molecule has 0 N–H and O–H groups in total. The quantitative estimate of drug-likeness (QED) is 0.727. The van der Waals surface area contributed by atoms with E-state index in [0.717, 1.165) is 5.56 Å². The first-order valence-electron chi connectivity index (χ1n) is 6.65. The van der Waals surface area contributed by atoms with E-state index in [0.29, 0.717) is 0 Å². The topological polar surface area (TPSA) is 23.8 Å². The van der Waals surface area contributed by atoms with Crippen LogP contribution < -0.4 is 0 Å². The van der Waals surface area contributed by atoms with Crippen molar-refractivity contribution in [1.82, 2.24) is 0 Å². The van der Waals surface area contributed by atoms with Gasteiger partial charge in [-0.15, -0.1) is 0 Å². The van der Waals surface area contributed by atoms with Crippen LogP contribution in [0.25, 0.3) is 0 Å². The minimum atomic E-state index is -2.80. The fourth-order valence-corrected chi connectivity index (χ4v) is 2.17. The summed E-state index contributed by atoms with van der Waals surface area (Å²) in [4.78, 5) is 0. The summed E-state index contributed by atoms with van der Waals surface area (Å²) in [6.45, 7) is 7.48. The fourth-order valence-electron chi connectivity index (χ4n) is 2.17. The number of hydrogen-bond donors (Lipinski definition) is 0. The summed E-state index contributed by atoms with van der Waals surface area (Å²) in [6.07, 6.45) is -0.155. The molecule has 1 nitrogen and oxygen atoms in total. The molecule has 0 aliphatic heterocycles. The largest absolute Gasteiger partial charge is 0.273 e. The van der Waals surface area contributed by atoms with Gasteiger partial charge in [-0.1, -0.05) is 52.0 Å². The lowest BCUT2D eigenvalue weighted by Crippen LogP contribution is -2.16. The molecule has 1 aromatic rings. The third-order valence-corrected chi connectivity index (χ3v) is 3.16. The standard InChI is InChI=1S/C16H21F2N/c1-11(2)9-16(17,18)14-7-5-13(6-8-14)15(10-19)12(3)4/h5-8,11-12,15H,9H2,1-4H3. The van der Waals surface area contributed by atoms with Crippen molar-refractivity contribution in [2.24, 2.45) is 11.8 Å². The number of alkyl halides is 2. The molecule has 0 radical (unpaired) electrons. The molecule has 0 fully saturated rings. The van der Waals surface area contributed by atoms with Gasteiger partial charge in [0.1, 0.15) is 0 Å². The zero-order chi connectivity index (χ0) is 14.6. The highest BCUT2D eigenvalue weighted by Gasteiger charge is 2.32. The number of nitrogens with zero attached hydrogens (tertiary/aromatic N) is 1. The summed E-state index contributed by atoms with van der Waals surface area (Å²) in [5.74, 6) is -2.93. The van der Waals surface area contributed by atoms with Crippen molar-refractivity contribution in [3.05, 3.63) is 35.4 Å². The van der Waals surface area contributed by atoms with Gasteiger partial charge < -0.3 is 0 Å². The Morgan fingerprint density at radius 1 is 1.11 bits per heavy atom. The summed E-state index contributed by atoms with van der Waals surface area (Å²) in [5.41, 5.74) is 0.840.